The molecule has 0 radical (unpaired) electrons. The maximum atomic E-state index is 13.9. The maximum absolute atomic E-state index is 13.9. The molecular formula is C29H31F3N6O7S. The number of azo groups is 1. The molecule has 3 rings (SSSR count). The lowest BCUT2D eigenvalue weighted by molar-refractivity contribution is -0.121. The van der Waals surface area contributed by atoms with Gasteiger partial charge in [-0.25, -0.2) is 13.2 Å². The molecule has 0 aromatic heterocycles. The Balaban J connectivity index is 1.78. The summed E-state index contributed by atoms with van der Waals surface area (Å²) in [6.07, 6.45) is -3.80. The number of unbranched alkanes of at least 4 members (excludes halogenated alkanes) is 1. The van der Waals surface area contributed by atoms with Crippen LogP contribution in [0.5, 0.6) is 0 Å². The molecule has 13 nitrogen and oxygen atoms in total. The number of Topliss-reactive ketones (excluding diaryl/α,β-unsaturated/α-hetero) is 1. The summed E-state index contributed by atoms with van der Waals surface area (Å²) in [5.41, 5.74) is -3.63. The van der Waals surface area contributed by atoms with E-state index in [9.17, 15) is 41.5 Å². The van der Waals surface area contributed by atoms with E-state index in [1.54, 1.807) is 0 Å². The number of hydrogen-bond acceptors (Lipinski definition) is 10. The second kappa shape index (κ2) is 16.0. The number of nitrogens with one attached hydrogen (secondary N) is 3. The minimum Gasteiger partial charge on any atom is -0.509 e. The smallest absolute Gasteiger partial charge is 0.420 e. The highest BCUT2D eigenvalue weighted by atomic mass is 32.2. The van der Waals surface area contributed by atoms with Crippen molar-refractivity contribution in [1.82, 2.24) is 5.32 Å². The lowest BCUT2D eigenvalue weighted by atomic mass is 9.83. The van der Waals surface area contributed by atoms with Crippen LogP contribution in [0.4, 0.5) is 35.0 Å². The minimum absolute atomic E-state index is 0.105. The van der Waals surface area contributed by atoms with Crippen LogP contribution in [0.25, 0.3) is 0 Å². The SMILES string of the molecule is CCCCNC(=O)Nc1ccc(NS(=O)(=O)c2ccc(/N=N/C3=C(O)C(CCOCCO)C(=O)C(C#N)=C3C(F)(F)F)cc2)cc1. The Morgan fingerprint density at radius 1 is 1.07 bits per heavy atom. The second-order valence-electron chi connectivity index (χ2n) is 9.75. The van der Waals surface area contributed by atoms with Gasteiger partial charge in [0.05, 0.1) is 29.7 Å². The fourth-order valence-corrected chi connectivity index (χ4v) is 5.20. The number of halogens is 3. The van der Waals surface area contributed by atoms with E-state index in [4.69, 9.17) is 9.84 Å². The predicted octanol–water partition coefficient (Wildman–Crippen LogP) is 5.24. The number of benzene rings is 2. The predicted molar refractivity (Wildman–Crippen MR) is 160 cm³/mol. The number of anilines is 2. The fraction of sp³-hybridized carbons (Fsp3) is 0.345. The maximum Gasteiger partial charge on any atom is 0.420 e. The summed E-state index contributed by atoms with van der Waals surface area (Å²) in [6.45, 7) is 1.83. The molecule has 2 aromatic rings. The number of carbonyl (C=O) groups excluding carboxylic acids is 2. The van der Waals surface area contributed by atoms with E-state index in [-0.39, 0.29) is 42.5 Å². The van der Waals surface area contributed by atoms with Gasteiger partial charge in [0.2, 0.25) is 0 Å². The summed E-state index contributed by atoms with van der Waals surface area (Å²) < 4.78 is 74.9. The lowest BCUT2D eigenvalue weighted by Crippen LogP contribution is -2.31. The summed E-state index contributed by atoms with van der Waals surface area (Å²) >= 11 is 0. The van der Waals surface area contributed by atoms with Crippen molar-refractivity contribution in [3.8, 4) is 6.07 Å². The van der Waals surface area contributed by atoms with Gasteiger partial charge in [-0.3, -0.25) is 9.52 Å². The number of aliphatic hydroxyl groups excluding tert-OH is 2. The van der Waals surface area contributed by atoms with Crippen LogP contribution < -0.4 is 15.4 Å². The highest BCUT2D eigenvalue weighted by Gasteiger charge is 2.48. The monoisotopic (exact) mass is 664 g/mol. The highest BCUT2D eigenvalue weighted by molar-refractivity contribution is 7.92. The first-order valence-electron chi connectivity index (χ1n) is 13.9. The number of urea groups is 1. The molecule has 1 unspecified atom stereocenters. The Labute approximate surface area is 262 Å². The van der Waals surface area contributed by atoms with Crippen LogP contribution in [0.3, 0.4) is 0 Å². The number of ether oxygens (including phenoxy) is 1. The molecule has 246 valence electrons. The molecule has 2 amide bonds. The van der Waals surface area contributed by atoms with Gasteiger partial charge in [0.15, 0.2) is 5.78 Å². The van der Waals surface area contributed by atoms with Gasteiger partial charge in [0, 0.05) is 24.5 Å². The third kappa shape index (κ3) is 9.36. The molecule has 0 heterocycles. The fourth-order valence-electron chi connectivity index (χ4n) is 4.15. The topological polar surface area (TPSA) is 203 Å². The zero-order valence-corrected chi connectivity index (χ0v) is 25.3. The molecule has 0 saturated carbocycles. The number of nitriles is 1. The number of nitrogens with zero attached hydrogens (tertiary/aromatic N) is 3. The third-order valence-electron chi connectivity index (χ3n) is 6.43. The Morgan fingerprint density at radius 3 is 2.30 bits per heavy atom. The molecule has 5 N–H and O–H groups in total. The molecular weight excluding hydrogens is 633 g/mol. The minimum atomic E-state index is -5.25. The summed E-state index contributed by atoms with van der Waals surface area (Å²) in [6, 6.07) is 11.2. The largest absolute Gasteiger partial charge is 0.509 e. The van der Waals surface area contributed by atoms with E-state index >= 15 is 0 Å². The van der Waals surface area contributed by atoms with Gasteiger partial charge in [-0.15, -0.1) is 5.11 Å². The van der Waals surface area contributed by atoms with Gasteiger partial charge in [-0.05, 0) is 61.4 Å². The van der Waals surface area contributed by atoms with Gasteiger partial charge in [0.25, 0.3) is 10.0 Å². The van der Waals surface area contributed by atoms with Crippen LogP contribution in [0.15, 0.2) is 86.3 Å². The molecule has 0 fully saturated rings. The standard InChI is InChI=1S/C29H31F3N6O7S/c1-2-3-13-34-28(42)35-18-4-6-20(7-5-18)38-46(43,44)21-10-8-19(9-11-21)36-37-25-24(29(30,31)32)23(17-33)26(40)22(27(25)41)12-15-45-16-14-39/h4-11,22,38-39,41H,2-3,12-16H2,1H3,(H2,34,35,42)/b37-36+. The zero-order chi connectivity index (χ0) is 33.9. The van der Waals surface area contributed by atoms with Crippen molar-refractivity contribution in [2.24, 2.45) is 16.1 Å². The van der Waals surface area contributed by atoms with Crippen molar-refractivity contribution < 1.29 is 46.1 Å². The first kappa shape index (κ1) is 35.7. The Bertz CT molecular complexity index is 1650. The molecule has 2 aromatic carbocycles. The quantitative estimate of drug-likeness (QED) is 0.133. The first-order valence-corrected chi connectivity index (χ1v) is 15.4. The molecule has 1 atom stereocenters. The van der Waals surface area contributed by atoms with Crippen molar-refractivity contribution in [2.75, 3.05) is 36.4 Å². The van der Waals surface area contributed by atoms with Crippen LogP contribution in [0, 0.1) is 17.2 Å². The average Bonchev–Trinajstić information content (AvgIpc) is 3.00. The van der Waals surface area contributed by atoms with E-state index in [1.807, 2.05) is 6.92 Å². The average molecular weight is 665 g/mol. The molecule has 1 aliphatic carbocycles. The number of sulfonamides is 1. The molecule has 0 saturated heterocycles. The molecule has 0 bridgehead atoms. The molecule has 0 aliphatic heterocycles. The van der Waals surface area contributed by atoms with Gasteiger partial charge in [-0.1, -0.05) is 13.3 Å². The van der Waals surface area contributed by atoms with Crippen LogP contribution in [-0.4, -0.2) is 63.0 Å². The van der Waals surface area contributed by atoms with Crippen LogP contribution in [0.2, 0.25) is 0 Å². The van der Waals surface area contributed by atoms with E-state index < -0.39 is 56.5 Å². The van der Waals surface area contributed by atoms with Gasteiger partial charge < -0.3 is 25.6 Å². The molecule has 0 spiro atoms. The zero-order valence-electron chi connectivity index (χ0n) is 24.5. The third-order valence-corrected chi connectivity index (χ3v) is 7.82. The van der Waals surface area contributed by atoms with Crippen molar-refractivity contribution in [3.05, 3.63) is 71.1 Å². The van der Waals surface area contributed by atoms with E-state index in [1.165, 1.54) is 30.3 Å². The Morgan fingerprint density at radius 2 is 1.72 bits per heavy atom. The molecule has 1 aliphatic rings. The second-order valence-corrected chi connectivity index (χ2v) is 11.4. The van der Waals surface area contributed by atoms with Crippen LogP contribution in [0.1, 0.15) is 26.2 Å². The summed E-state index contributed by atoms with van der Waals surface area (Å²) in [7, 11) is -4.12. The molecule has 46 heavy (non-hydrogen) atoms. The van der Waals surface area contributed by atoms with Crippen molar-refractivity contribution in [3.63, 3.8) is 0 Å². The Hall–Kier alpha value is -4.79. The summed E-state index contributed by atoms with van der Waals surface area (Å²) in [5, 5.41) is 41.3. The Kier molecular flexibility index (Phi) is 12.4. The van der Waals surface area contributed by atoms with E-state index in [0.717, 1.165) is 37.1 Å². The number of carbonyl (C=O) groups is 2. The molecule has 17 heteroatoms. The van der Waals surface area contributed by atoms with E-state index in [2.05, 4.69) is 25.6 Å². The van der Waals surface area contributed by atoms with Gasteiger partial charge >= 0.3 is 12.2 Å². The lowest BCUT2D eigenvalue weighted by Gasteiger charge is -2.24. The number of hydrogen-bond donors (Lipinski definition) is 5. The van der Waals surface area contributed by atoms with Gasteiger partial charge in [0.1, 0.15) is 28.7 Å². The van der Waals surface area contributed by atoms with Gasteiger partial charge in [-0.2, -0.15) is 23.5 Å². The normalized spacial score (nSPS) is 15.7. The number of alkyl halides is 3. The van der Waals surface area contributed by atoms with Crippen molar-refractivity contribution >= 4 is 38.9 Å². The van der Waals surface area contributed by atoms with Crippen LogP contribution in [-0.2, 0) is 19.6 Å². The van der Waals surface area contributed by atoms with Crippen LogP contribution >= 0.6 is 0 Å². The summed E-state index contributed by atoms with van der Waals surface area (Å²) in [4.78, 5) is 24.3. The number of aliphatic hydroxyl groups is 2. The summed E-state index contributed by atoms with van der Waals surface area (Å²) in [5.74, 6) is -3.89. The number of allylic oxidation sites excluding steroid dienone is 3. The number of ketones is 1. The van der Waals surface area contributed by atoms with Crippen molar-refractivity contribution in [1.29, 1.82) is 5.26 Å². The highest BCUT2D eigenvalue weighted by Crippen LogP contribution is 2.42. The van der Waals surface area contributed by atoms with E-state index in [0.29, 0.717) is 12.2 Å². The van der Waals surface area contributed by atoms with Crippen molar-refractivity contribution in [2.45, 2.75) is 37.3 Å². The number of rotatable bonds is 14. The number of amides is 2. The first-order chi connectivity index (χ1) is 21.8.